The van der Waals surface area contributed by atoms with Crippen molar-refractivity contribution in [3.05, 3.63) is 102 Å². The lowest BCUT2D eigenvalue weighted by Gasteiger charge is -2.27. The van der Waals surface area contributed by atoms with E-state index in [1.54, 1.807) is 54.6 Å². The highest BCUT2D eigenvalue weighted by Gasteiger charge is 2.45. The summed E-state index contributed by atoms with van der Waals surface area (Å²) >= 11 is 0. The molecule has 0 aliphatic carbocycles. The van der Waals surface area contributed by atoms with Gasteiger partial charge >= 0.3 is 0 Å². The molecule has 1 aliphatic rings. The molecule has 2 heterocycles. The Morgan fingerprint density at radius 3 is 2.44 bits per heavy atom. The molecule has 1 amide bonds. The molecule has 1 aliphatic heterocycles. The third-order valence-corrected chi connectivity index (χ3v) is 5.99. The first-order chi connectivity index (χ1) is 17.3. The normalized spacial score (nSPS) is 15.8. The van der Waals surface area contributed by atoms with Crippen LogP contribution in [0.15, 0.2) is 94.6 Å². The number of para-hydroxylation sites is 1. The smallest absolute Gasteiger partial charge is 0.294 e. The number of aliphatic hydroxyl groups is 1. The maximum absolute atomic E-state index is 13.6. The molecule has 0 bridgehead atoms. The number of aromatic hydroxyl groups is 1. The summed E-state index contributed by atoms with van der Waals surface area (Å²) in [7, 11) is 0. The fraction of sp³-hybridized carbons (Fsp3) is 0.172. The van der Waals surface area contributed by atoms with Crippen LogP contribution in [0.1, 0.15) is 36.0 Å². The first-order valence-corrected chi connectivity index (χ1v) is 11.6. The largest absolute Gasteiger partial charge is 0.508 e. The summed E-state index contributed by atoms with van der Waals surface area (Å²) in [5.41, 5.74) is 1.33. The predicted octanol–water partition coefficient (Wildman–Crippen LogP) is 5.96. The van der Waals surface area contributed by atoms with Gasteiger partial charge in [-0.25, -0.2) is 0 Å². The van der Waals surface area contributed by atoms with E-state index in [1.165, 1.54) is 17.0 Å². The summed E-state index contributed by atoms with van der Waals surface area (Å²) in [4.78, 5) is 28.3. The van der Waals surface area contributed by atoms with Crippen molar-refractivity contribution in [3.8, 4) is 11.5 Å². The molecule has 36 heavy (non-hydrogen) atoms. The molecule has 7 nitrogen and oxygen atoms in total. The molecule has 0 fully saturated rings. The third kappa shape index (κ3) is 4.20. The molecule has 0 radical (unpaired) electrons. The van der Waals surface area contributed by atoms with Gasteiger partial charge < -0.3 is 19.4 Å². The van der Waals surface area contributed by atoms with Gasteiger partial charge in [-0.3, -0.25) is 14.5 Å². The molecular weight excluding hydrogens is 458 g/mol. The molecule has 0 saturated heterocycles. The Bertz CT molecular complexity index is 1450. The minimum absolute atomic E-state index is 0.00925. The molecule has 0 saturated carbocycles. The quantitative estimate of drug-likeness (QED) is 0.315. The minimum Gasteiger partial charge on any atom is -0.508 e. The fourth-order valence-electron chi connectivity index (χ4n) is 4.31. The van der Waals surface area contributed by atoms with Gasteiger partial charge in [0.15, 0.2) is 11.5 Å². The summed E-state index contributed by atoms with van der Waals surface area (Å²) < 4.78 is 11.5. The number of nitrogens with zero attached hydrogens (tertiary/aromatic N) is 1. The van der Waals surface area contributed by atoms with Gasteiger partial charge in [-0.15, -0.1) is 0 Å². The molecule has 3 aromatic carbocycles. The Kier molecular flexibility index (Phi) is 5.98. The van der Waals surface area contributed by atoms with E-state index in [2.05, 4.69) is 0 Å². The van der Waals surface area contributed by atoms with Gasteiger partial charge in [-0.1, -0.05) is 44.2 Å². The second kappa shape index (κ2) is 9.26. The highest BCUT2D eigenvalue weighted by Crippen LogP contribution is 2.43. The predicted molar refractivity (Wildman–Crippen MR) is 135 cm³/mol. The van der Waals surface area contributed by atoms with Gasteiger partial charge in [-0.2, -0.15) is 0 Å². The maximum Gasteiger partial charge on any atom is 0.294 e. The summed E-state index contributed by atoms with van der Waals surface area (Å²) in [5.74, 6) is -1.01. The number of anilines is 1. The lowest BCUT2D eigenvalue weighted by molar-refractivity contribution is -0.117. The average molecular weight is 484 g/mol. The van der Waals surface area contributed by atoms with E-state index in [9.17, 15) is 19.8 Å². The molecule has 0 spiro atoms. The first-order valence-electron chi connectivity index (χ1n) is 11.6. The van der Waals surface area contributed by atoms with Crippen LogP contribution in [0, 0.1) is 5.92 Å². The average Bonchev–Trinajstić information content (AvgIpc) is 3.42. The maximum atomic E-state index is 13.6. The number of furan rings is 1. The number of aliphatic hydroxyl groups excluding tert-OH is 1. The number of benzene rings is 3. The topological polar surface area (TPSA) is 100 Å². The van der Waals surface area contributed by atoms with Crippen LogP contribution in [0.5, 0.6) is 11.5 Å². The van der Waals surface area contributed by atoms with E-state index in [0.29, 0.717) is 35.1 Å². The summed E-state index contributed by atoms with van der Waals surface area (Å²) in [6, 6.07) is 20.9. The summed E-state index contributed by atoms with van der Waals surface area (Å²) in [6.45, 7) is 4.64. The number of fused-ring (bicyclic) bond motifs is 1. The lowest BCUT2D eigenvalue weighted by Crippen LogP contribution is -2.31. The highest BCUT2D eigenvalue weighted by molar-refractivity contribution is 6.20. The van der Waals surface area contributed by atoms with Crippen LogP contribution in [0.4, 0.5) is 5.69 Å². The second-order valence-electron chi connectivity index (χ2n) is 9.11. The Labute approximate surface area is 207 Å². The number of ketones is 1. The standard InChI is InChI=1S/C29H25NO6/c1-17(2)16-35-22-12-10-20(11-13-22)30-26(19-7-5-8-21(31)14-19)25(28(33)29(30)34)27(32)24-15-18-6-3-4-9-23(18)36-24/h3-15,17,26,31,33H,16H2,1-2H3. The number of ether oxygens (including phenoxy) is 1. The number of rotatable bonds is 7. The van der Waals surface area contributed by atoms with E-state index in [1.807, 2.05) is 26.0 Å². The lowest BCUT2D eigenvalue weighted by atomic mass is 9.94. The van der Waals surface area contributed by atoms with Gasteiger partial charge in [0, 0.05) is 11.1 Å². The van der Waals surface area contributed by atoms with E-state index < -0.39 is 23.5 Å². The van der Waals surface area contributed by atoms with Crippen molar-refractivity contribution in [1.29, 1.82) is 0 Å². The van der Waals surface area contributed by atoms with Crippen LogP contribution < -0.4 is 9.64 Å². The van der Waals surface area contributed by atoms with Crippen molar-refractivity contribution >= 4 is 28.3 Å². The van der Waals surface area contributed by atoms with Gasteiger partial charge in [-0.05, 0) is 60.0 Å². The molecule has 5 rings (SSSR count). The zero-order valence-electron chi connectivity index (χ0n) is 19.8. The van der Waals surface area contributed by atoms with Gasteiger partial charge in [0.25, 0.3) is 5.91 Å². The Morgan fingerprint density at radius 1 is 1.00 bits per heavy atom. The molecule has 2 N–H and O–H groups in total. The molecule has 4 aromatic rings. The first kappa shape index (κ1) is 23.2. The van der Waals surface area contributed by atoms with Crippen LogP contribution in [0.3, 0.4) is 0 Å². The van der Waals surface area contributed by atoms with E-state index >= 15 is 0 Å². The second-order valence-corrected chi connectivity index (χ2v) is 9.11. The van der Waals surface area contributed by atoms with E-state index in [4.69, 9.17) is 9.15 Å². The number of carbonyl (C=O) groups is 2. The minimum atomic E-state index is -0.979. The van der Waals surface area contributed by atoms with E-state index in [0.717, 1.165) is 5.39 Å². The van der Waals surface area contributed by atoms with Crippen LogP contribution >= 0.6 is 0 Å². The monoisotopic (exact) mass is 483 g/mol. The molecular formula is C29H25NO6. The molecule has 182 valence electrons. The zero-order valence-corrected chi connectivity index (χ0v) is 19.8. The van der Waals surface area contributed by atoms with E-state index in [-0.39, 0.29) is 17.1 Å². The van der Waals surface area contributed by atoms with Crippen molar-refractivity contribution < 1.29 is 29.0 Å². The van der Waals surface area contributed by atoms with Crippen molar-refractivity contribution in [3.63, 3.8) is 0 Å². The Morgan fingerprint density at radius 2 is 1.75 bits per heavy atom. The summed E-state index contributed by atoms with van der Waals surface area (Å²) in [5, 5.41) is 21.8. The van der Waals surface area contributed by atoms with Crippen molar-refractivity contribution in [2.45, 2.75) is 19.9 Å². The fourth-order valence-corrected chi connectivity index (χ4v) is 4.31. The van der Waals surface area contributed by atoms with Crippen LogP contribution in [0.2, 0.25) is 0 Å². The number of Topliss-reactive ketones (excluding diaryl/α,β-unsaturated/α-hetero) is 1. The summed E-state index contributed by atoms with van der Waals surface area (Å²) in [6.07, 6.45) is 0. The molecule has 7 heteroatoms. The van der Waals surface area contributed by atoms with Crippen molar-refractivity contribution in [1.82, 2.24) is 0 Å². The third-order valence-electron chi connectivity index (χ3n) is 5.99. The molecule has 1 atom stereocenters. The number of amides is 1. The van der Waals surface area contributed by atoms with Crippen LogP contribution in [-0.4, -0.2) is 28.5 Å². The van der Waals surface area contributed by atoms with Crippen LogP contribution in [0.25, 0.3) is 11.0 Å². The van der Waals surface area contributed by atoms with Crippen LogP contribution in [-0.2, 0) is 4.79 Å². The van der Waals surface area contributed by atoms with Gasteiger partial charge in [0.1, 0.15) is 17.1 Å². The SMILES string of the molecule is CC(C)COc1ccc(N2C(=O)C(O)=C(C(=O)c3cc4ccccc4o3)C2c2cccc(O)c2)cc1. The van der Waals surface area contributed by atoms with Gasteiger partial charge in [0.2, 0.25) is 5.78 Å². The molecule has 1 unspecified atom stereocenters. The van der Waals surface area contributed by atoms with Crippen molar-refractivity contribution in [2.24, 2.45) is 5.92 Å². The number of hydrogen-bond donors (Lipinski definition) is 2. The number of phenols is 1. The van der Waals surface area contributed by atoms with Gasteiger partial charge in [0.05, 0.1) is 18.2 Å². The number of hydrogen-bond acceptors (Lipinski definition) is 6. The molecule has 1 aromatic heterocycles. The Balaban J connectivity index is 1.57. The zero-order chi connectivity index (χ0) is 25.4. The van der Waals surface area contributed by atoms with Crippen molar-refractivity contribution in [2.75, 3.05) is 11.5 Å². The number of carbonyl (C=O) groups excluding carboxylic acids is 2. The number of phenolic OH excluding ortho intramolecular Hbond substituents is 1. The highest BCUT2D eigenvalue weighted by atomic mass is 16.5. The Hall–Kier alpha value is -4.52.